The molecule has 1 heterocycles. The van der Waals surface area contributed by atoms with Crippen molar-refractivity contribution in [2.45, 2.75) is 45.2 Å². The molecule has 20 heavy (non-hydrogen) atoms. The first-order valence-electron chi connectivity index (χ1n) is 7.57. The molecule has 0 bridgehead atoms. The molecule has 1 aromatic carbocycles. The minimum Gasteiger partial charge on any atom is -0.325 e. The molecule has 0 radical (unpaired) electrons. The summed E-state index contributed by atoms with van der Waals surface area (Å²) in [5, 5.41) is 2.91. The average molecular weight is 275 g/mol. The van der Waals surface area contributed by atoms with E-state index in [0.29, 0.717) is 0 Å². The number of anilines is 1. The van der Waals surface area contributed by atoms with Gasteiger partial charge in [-0.05, 0) is 50.0 Å². The van der Waals surface area contributed by atoms with E-state index in [9.17, 15) is 4.79 Å². The van der Waals surface area contributed by atoms with Crippen molar-refractivity contribution >= 4 is 11.6 Å². The van der Waals surface area contributed by atoms with Crippen molar-refractivity contribution in [1.29, 1.82) is 0 Å². The minimum absolute atomic E-state index is 0.0924. The van der Waals surface area contributed by atoms with E-state index in [-0.39, 0.29) is 5.91 Å². The minimum atomic E-state index is -0.415. The van der Waals surface area contributed by atoms with Gasteiger partial charge in [0, 0.05) is 12.2 Å². The summed E-state index contributed by atoms with van der Waals surface area (Å²) in [5.41, 5.74) is 7.92. The number of carbonyl (C=O) groups is 1. The first-order valence-corrected chi connectivity index (χ1v) is 7.57. The Labute approximate surface area is 121 Å². The van der Waals surface area contributed by atoms with Gasteiger partial charge in [0.1, 0.15) is 0 Å². The molecule has 2 rings (SSSR count). The van der Waals surface area contributed by atoms with Gasteiger partial charge in [0.05, 0.1) is 6.04 Å². The number of likely N-dealkylation sites (tertiary alicyclic amines) is 1. The van der Waals surface area contributed by atoms with Crippen LogP contribution in [-0.2, 0) is 11.3 Å². The van der Waals surface area contributed by atoms with Gasteiger partial charge in [0.25, 0.3) is 0 Å². The number of amides is 1. The Bertz CT molecular complexity index is 441. The van der Waals surface area contributed by atoms with Crippen molar-refractivity contribution in [3.05, 3.63) is 29.8 Å². The van der Waals surface area contributed by atoms with Gasteiger partial charge in [-0.1, -0.05) is 25.5 Å². The van der Waals surface area contributed by atoms with Gasteiger partial charge in [0.15, 0.2) is 0 Å². The van der Waals surface area contributed by atoms with Gasteiger partial charge in [-0.15, -0.1) is 0 Å². The second-order valence-electron chi connectivity index (χ2n) is 5.57. The summed E-state index contributed by atoms with van der Waals surface area (Å²) in [7, 11) is 0. The fraction of sp³-hybridized carbons (Fsp3) is 0.562. The third kappa shape index (κ3) is 4.32. The zero-order chi connectivity index (χ0) is 14.4. The second-order valence-corrected chi connectivity index (χ2v) is 5.57. The van der Waals surface area contributed by atoms with Gasteiger partial charge in [-0.25, -0.2) is 0 Å². The van der Waals surface area contributed by atoms with Crippen molar-refractivity contribution in [3.63, 3.8) is 0 Å². The van der Waals surface area contributed by atoms with Crippen LogP contribution in [0.5, 0.6) is 0 Å². The largest absolute Gasteiger partial charge is 0.325 e. The number of hydrogen-bond acceptors (Lipinski definition) is 3. The second kappa shape index (κ2) is 7.41. The van der Waals surface area contributed by atoms with E-state index in [1.54, 1.807) is 0 Å². The number of hydrogen-bond donors (Lipinski definition) is 2. The molecule has 110 valence electrons. The van der Waals surface area contributed by atoms with Crippen molar-refractivity contribution in [3.8, 4) is 0 Å². The van der Waals surface area contributed by atoms with E-state index in [0.717, 1.165) is 25.1 Å². The molecule has 1 aliphatic rings. The van der Waals surface area contributed by atoms with E-state index in [1.807, 2.05) is 19.1 Å². The summed E-state index contributed by atoms with van der Waals surface area (Å²) < 4.78 is 0. The molecule has 3 N–H and O–H groups in total. The SMILES string of the molecule is CCCC(N)C(=O)Nc1cccc(CN2CCCC2)c1. The zero-order valence-corrected chi connectivity index (χ0v) is 12.3. The molecule has 0 saturated carbocycles. The number of nitrogens with zero attached hydrogens (tertiary/aromatic N) is 1. The first-order chi connectivity index (χ1) is 9.69. The summed E-state index contributed by atoms with van der Waals surface area (Å²) in [6, 6.07) is 7.66. The fourth-order valence-electron chi connectivity index (χ4n) is 2.62. The zero-order valence-electron chi connectivity index (χ0n) is 12.3. The molecule has 1 amide bonds. The van der Waals surface area contributed by atoms with E-state index >= 15 is 0 Å². The molecule has 1 aliphatic heterocycles. The maximum absolute atomic E-state index is 11.9. The molecular weight excluding hydrogens is 250 g/mol. The molecule has 4 nitrogen and oxygen atoms in total. The Kier molecular flexibility index (Phi) is 5.56. The van der Waals surface area contributed by atoms with Crippen molar-refractivity contribution in [1.82, 2.24) is 4.90 Å². The Balaban J connectivity index is 1.93. The van der Waals surface area contributed by atoms with Crippen molar-refractivity contribution < 1.29 is 4.79 Å². The summed E-state index contributed by atoms with van der Waals surface area (Å²) in [5.74, 6) is -0.0924. The van der Waals surface area contributed by atoms with Gasteiger partial charge in [0.2, 0.25) is 5.91 Å². The third-order valence-electron chi connectivity index (χ3n) is 3.74. The monoisotopic (exact) mass is 275 g/mol. The highest BCUT2D eigenvalue weighted by Crippen LogP contribution is 2.16. The van der Waals surface area contributed by atoms with Crippen LogP contribution in [0.3, 0.4) is 0 Å². The van der Waals surface area contributed by atoms with E-state index < -0.39 is 6.04 Å². The van der Waals surface area contributed by atoms with Crippen LogP contribution < -0.4 is 11.1 Å². The molecule has 1 saturated heterocycles. The summed E-state index contributed by atoms with van der Waals surface area (Å²) in [4.78, 5) is 14.4. The number of nitrogens with one attached hydrogen (secondary N) is 1. The van der Waals surface area contributed by atoms with E-state index in [4.69, 9.17) is 5.73 Å². The summed E-state index contributed by atoms with van der Waals surface area (Å²) >= 11 is 0. The van der Waals surface area contributed by atoms with E-state index in [1.165, 1.54) is 31.5 Å². The maximum Gasteiger partial charge on any atom is 0.241 e. The molecule has 1 atom stereocenters. The maximum atomic E-state index is 11.9. The van der Waals surface area contributed by atoms with Gasteiger partial charge in [-0.3, -0.25) is 9.69 Å². The lowest BCUT2D eigenvalue weighted by Crippen LogP contribution is -2.35. The lowest BCUT2D eigenvalue weighted by Gasteiger charge is -2.16. The molecule has 1 aromatic rings. The van der Waals surface area contributed by atoms with Crippen LogP contribution >= 0.6 is 0 Å². The van der Waals surface area contributed by atoms with Crippen molar-refractivity contribution in [2.75, 3.05) is 18.4 Å². The number of benzene rings is 1. The van der Waals surface area contributed by atoms with Crippen LogP contribution in [-0.4, -0.2) is 29.9 Å². The van der Waals surface area contributed by atoms with E-state index in [2.05, 4.69) is 22.3 Å². The molecule has 0 spiro atoms. The highest BCUT2D eigenvalue weighted by Gasteiger charge is 2.14. The lowest BCUT2D eigenvalue weighted by molar-refractivity contribution is -0.117. The van der Waals surface area contributed by atoms with Crippen LogP contribution in [0.2, 0.25) is 0 Å². The predicted octanol–water partition coefficient (Wildman–Crippen LogP) is 2.35. The quantitative estimate of drug-likeness (QED) is 0.838. The van der Waals surface area contributed by atoms with Crippen LogP contribution in [0, 0.1) is 0 Å². The molecule has 1 unspecified atom stereocenters. The lowest BCUT2D eigenvalue weighted by atomic mass is 10.1. The topological polar surface area (TPSA) is 58.4 Å². The summed E-state index contributed by atoms with van der Waals surface area (Å²) in [6.45, 7) is 5.35. The predicted molar refractivity (Wildman–Crippen MR) is 82.5 cm³/mol. The van der Waals surface area contributed by atoms with Gasteiger partial charge >= 0.3 is 0 Å². The Morgan fingerprint density at radius 1 is 1.40 bits per heavy atom. The number of carbonyl (C=O) groups excluding carboxylic acids is 1. The van der Waals surface area contributed by atoms with Crippen molar-refractivity contribution in [2.24, 2.45) is 5.73 Å². The molecule has 4 heteroatoms. The molecule has 0 aromatic heterocycles. The molecule has 1 fully saturated rings. The Hall–Kier alpha value is -1.39. The fourth-order valence-corrected chi connectivity index (χ4v) is 2.62. The van der Waals surface area contributed by atoms with Gasteiger partial charge < -0.3 is 11.1 Å². The molecule has 0 aliphatic carbocycles. The third-order valence-corrected chi connectivity index (χ3v) is 3.74. The van der Waals surface area contributed by atoms with Crippen LogP contribution in [0.25, 0.3) is 0 Å². The average Bonchev–Trinajstić information content (AvgIpc) is 2.92. The standard InChI is InChI=1S/C16H25N3O/c1-2-6-15(17)16(20)18-14-8-5-7-13(11-14)12-19-9-3-4-10-19/h5,7-8,11,15H,2-4,6,9-10,12,17H2,1H3,(H,18,20). The normalized spacial score (nSPS) is 17.1. The first kappa shape index (κ1) is 15.0. The van der Waals surface area contributed by atoms with Crippen LogP contribution in [0.4, 0.5) is 5.69 Å². The molecular formula is C16H25N3O. The highest BCUT2D eigenvalue weighted by molar-refractivity contribution is 5.94. The van der Waals surface area contributed by atoms with Crippen LogP contribution in [0.1, 0.15) is 38.2 Å². The Morgan fingerprint density at radius 3 is 2.85 bits per heavy atom. The number of rotatable bonds is 6. The Morgan fingerprint density at radius 2 is 2.15 bits per heavy atom. The van der Waals surface area contributed by atoms with Crippen LogP contribution in [0.15, 0.2) is 24.3 Å². The summed E-state index contributed by atoms with van der Waals surface area (Å²) in [6.07, 6.45) is 4.23. The smallest absolute Gasteiger partial charge is 0.241 e. The van der Waals surface area contributed by atoms with Gasteiger partial charge in [-0.2, -0.15) is 0 Å². The highest BCUT2D eigenvalue weighted by atomic mass is 16.2. The number of nitrogens with two attached hydrogens (primary N) is 1.